The summed E-state index contributed by atoms with van der Waals surface area (Å²) in [6.07, 6.45) is 2.23. The number of amides is 2. The van der Waals surface area contributed by atoms with Crippen LogP contribution in [0.1, 0.15) is 61.3 Å². The highest BCUT2D eigenvalue weighted by Gasteiger charge is 2.28. The van der Waals surface area contributed by atoms with Crippen molar-refractivity contribution in [2.45, 2.75) is 58.5 Å². The van der Waals surface area contributed by atoms with Crippen molar-refractivity contribution in [3.05, 3.63) is 107 Å². The van der Waals surface area contributed by atoms with E-state index in [1.807, 2.05) is 74.5 Å². The zero-order chi connectivity index (χ0) is 24.3. The molecule has 0 saturated carbocycles. The Bertz CT molecular complexity index is 993. The van der Waals surface area contributed by atoms with E-state index in [1.54, 1.807) is 4.90 Å². The molecule has 3 aromatic rings. The number of carbonyl (C=O) groups is 2. The summed E-state index contributed by atoms with van der Waals surface area (Å²) in [4.78, 5) is 28.4. The van der Waals surface area contributed by atoms with Gasteiger partial charge in [-0.1, -0.05) is 104 Å². The zero-order valence-electron chi connectivity index (χ0n) is 20.5. The van der Waals surface area contributed by atoms with Crippen LogP contribution in [0.3, 0.4) is 0 Å². The molecule has 0 fully saturated rings. The van der Waals surface area contributed by atoms with Gasteiger partial charge in [0.15, 0.2) is 0 Å². The van der Waals surface area contributed by atoms with E-state index in [2.05, 4.69) is 36.5 Å². The quantitative estimate of drug-likeness (QED) is 0.368. The van der Waals surface area contributed by atoms with Gasteiger partial charge in [-0.2, -0.15) is 0 Å². The van der Waals surface area contributed by atoms with Crippen LogP contribution >= 0.6 is 0 Å². The predicted octanol–water partition coefficient (Wildman–Crippen LogP) is 5.85. The van der Waals surface area contributed by atoms with Crippen molar-refractivity contribution in [1.29, 1.82) is 0 Å². The number of aryl methyl sites for hydroxylation is 1. The molecule has 0 radical (unpaired) electrons. The van der Waals surface area contributed by atoms with Gasteiger partial charge in [-0.3, -0.25) is 9.59 Å². The molecule has 0 spiro atoms. The van der Waals surface area contributed by atoms with E-state index in [1.165, 1.54) is 5.56 Å². The van der Waals surface area contributed by atoms with Gasteiger partial charge < -0.3 is 10.2 Å². The fourth-order valence-electron chi connectivity index (χ4n) is 4.10. The van der Waals surface area contributed by atoms with Crippen LogP contribution in [0, 0.1) is 6.92 Å². The molecule has 0 aliphatic heterocycles. The van der Waals surface area contributed by atoms with Crippen LogP contribution < -0.4 is 5.32 Å². The molecule has 4 heteroatoms. The third-order valence-electron chi connectivity index (χ3n) is 6.25. The fraction of sp³-hybridized carbons (Fsp3) is 0.333. The Morgan fingerprint density at radius 2 is 1.41 bits per heavy atom. The van der Waals surface area contributed by atoms with Crippen molar-refractivity contribution in [2.75, 3.05) is 6.54 Å². The molecule has 3 aromatic carbocycles. The van der Waals surface area contributed by atoms with Gasteiger partial charge in [0.25, 0.3) is 0 Å². The molecule has 0 bridgehead atoms. The molecule has 0 heterocycles. The predicted molar refractivity (Wildman–Crippen MR) is 138 cm³/mol. The van der Waals surface area contributed by atoms with Gasteiger partial charge in [-0.15, -0.1) is 0 Å². The van der Waals surface area contributed by atoms with Crippen LogP contribution in [0.5, 0.6) is 0 Å². The first-order chi connectivity index (χ1) is 16.5. The molecular weight excluding hydrogens is 420 g/mol. The van der Waals surface area contributed by atoms with E-state index in [-0.39, 0.29) is 17.7 Å². The van der Waals surface area contributed by atoms with Crippen molar-refractivity contribution in [3.8, 4) is 0 Å². The number of benzene rings is 3. The highest BCUT2D eigenvalue weighted by atomic mass is 16.2. The number of nitrogens with one attached hydrogen (secondary N) is 1. The Balaban J connectivity index is 1.87. The molecule has 0 saturated heterocycles. The van der Waals surface area contributed by atoms with E-state index in [0.29, 0.717) is 19.5 Å². The van der Waals surface area contributed by atoms with Crippen LogP contribution in [0.25, 0.3) is 0 Å². The molecule has 2 amide bonds. The summed E-state index contributed by atoms with van der Waals surface area (Å²) in [5.41, 5.74) is 4.37. The van der Waals surface area contributed by atoms with Gasteiger partial charge in [-0.25, -0.2) is 0 Å². The molecule has 1 N–H and O–H groups in total. The summed E-state index contributed by atoms with van der Waals surface area (Å²) >= 11 is 0. The number of nitrogens with zero attached hydrogens (tertiary/aromatic N) is 1. The average Bonchev–Trinajstić information content (AvgIpc) is 2.87. The third kappa shape index (κ3) is 7.05. The van der Waals surface area contributed by atoms with Crippen LogP contribution in [0.15, 0.2) is 84.9 Å². The molecule has 0 unspecified atom stereocenters. The zero-order valence-corrected chi connectivity index (χ0v) is 20.5. The number of unbranched alkanes of at least 4 members (excludes halogenated alkanes) is 1. The highest BCUT2D eigenvalue weighted by Crippen LogP contribution is 2.29. The molecule has 1 atom stereocenters. The van der Waals surface area contributed by atoms with Crippen LogP contribution in [0.4, 0.5) is 0 Å². The van der Waals surface area contributed by atoms with Crippen molar-refractivity contribution >= 4 is 11.8 Å². The van der Waals surface area contributed by atoms with E-state index in [0.717, 1.165) is 29.5 Å². The minimum atomic E-state index is -0.558. The Morgan fingerprint density at radius 3 is 1.94 bits per heavy atom. The summed E-state index contributed by atoms with van der Waals surface area (Å²) < 4.78 is 0. The van der Waals surface area contributed by atoms with Gasteiger partial charge in [0, 0.05) is 25.4 Å². The molecule has 4 nitrogen and oxygen atoms in total. The topological polar surface area (TPSA) is 49.4 Å². The van der Waals surface area contributed by atoms with Crippen molar-refractivity contribution < 1.29 is 9.59 Å². The van der Waals surface area contributed by atoms with E-state index in [4.69, 9.17) is 0 Å². The van der Waals surface area contributed by atoms with Gasteiger partial charge in [-0.05, 0) is 37.0 Å². The minimum absolute atomic E-state index is 0.0311. The number of carbonyl (C=O) groups excluding carboxylic acids is 2. The smallest absolute Gasteiger partial charge is 0.242 e. The third-order valence-corrected chi connectivity index (χ3v) is 6.25. The minimum Gasteiger partial charge on any atom is -0.354 e. The number of hydrogen-bond acceptors (Lipinski definition) is 2. The maximum absolute atomic E-state index is 13.8. The Kier molecular flexibility index (Phi) is 9.45. The van der Waals surface area contributed by atoms with Crippen LogP contribution in [-0.2, 0) is 16.1 Å². The molecule has 0 aromatic heterocycles. The largest absolute Gasteiger partial charge is 0.354 e. The summed E-state index contributed by atoms with van der Waals surface area (Å²) in [7, 11) is 0. The van der Waals surface area contributed by atoms with Gasteiger partial charge in [0.2, 0.25) is 11.8 Å². The Labute approximate surface area is 204 Å². The van der Waals surface area contributed by atoms with Crippen LogP contribution in [-0.4, -0.2) is 29.3 Å². The van der Waals surface area contributed by atoms with Crippen LogP contribution in [0.2, 0.25) is 0 Å². The normalized spacial score (nSPS) is 11.8. The maximum atomic E-state index is 13.8. The van der Waals surface area contributed by atoms with E-state index < -0.39 is 6.04 Å². The first-order valence-corrected chi connectivity index (χ1v) is 12.2. The van der Waals surface area contributed by atoms with Crippen molar-refractivity contribution in [2.24, 2.45) is 0 Å². The monoisotopic (exact) mass is 456 g/mol. The molecule has 0 aliphatic carbocycles. The highest BCUT2D eigenvalue weighted by molar-refractivity contribution is 5.87. The molecule has 178 valence electrons. The first kappa shape index (κ1) is 25.2. The summed E-state index contributed by atoms with van der Waals surface area (Å²) in [5, 5.41) is 3.00. The second-order valence-corrected chi connectivity index (χ2v) is 8.91. The molecule has 34 heavy (non-hydrogen) atoms. The average molecular weight is 457 g/mol. The van der Waals surface area contributed by atoms with E-state index >= 15 is 0 Å². The SMILES string of the molecule is CCCCNC(=O)[C@@H](C)N(Cc1ccc(C)cc1)C(=O)CC(c1ccccc1)c1ccccc1. The first-order valence-electron chi connectivity index (χ1n) is 12.2. The van der Waals surface area contributed by atoms with Gasteiger partial charge >= 0.3 is 0 Å². The number of rotatable bonds is 11. The number of hydrogen-bond donors (Lipinski definition) is 1. The van der Waals surface area contributed by atoms with E-state index in [9.17, 15) is 9.59 Å². The second kappa shape index (κ2) is 12.7. The van der Waals surface area contributed by atoms with Gasteiger partial charge in [0.1, 0.15) is 6.04 Å². The fourth-order valence-corrected chi connectivity index (χ4v) is 4.10. The Morgan fingerprint density at radius 1 is 0.853 bits per heavy atom. The molecule has 3 rings (SSSR count). The summed E-state index contributed by atoms with van der Waals surface area (Å²) in [6, 6.07) is 27.8. The summed E-state index contributed by atoms with van der Waals surface area (Å²) in [5.74, 6) is -0.216. The lowest BCUT2D eigenvalue weighted by molar-refractivity contribution is -0.140. The standard InChI is InChI=1S/C30H36N2O2/c1-4-5-20-31-30(34)24(3)32(22-25-18-16-23(2)17-19-25)29(33)21-28(26-12-8-6-9-13-26)27-14-10-7-11-15-27/h6-19,24,28H,4-5,20-22H2,1-3H3,(H,31,34)/t24-/m1/s1. The lowest BCUT2D eigenvalue weighted by atomic mass is 9.88. The lowest BCUT2D eigenvalue weighted by Crippen LogP contribution is -2.48. The lowest BCUT2D eigenvalue weighted by Gasteiger charge is -2.30. The van der Waals surface area contributed by atoms with Crippen molar-refractivity contribution in [3.63, 3.8) is 0 Å². The van der Waals surface area contributed by atoms with Gasteiger partial charge in [0.05, 0.1) is 0 Å². The van der Waals surface area contributed by atoms with Crippen molar-refractivity contribution in [1.82, 2.24) is 10.2 Å². The summed E-state index contributed by atoms with van der Waals surface area (Å²) in [6.45, 7) is 6.99. The molecular formula is C30H36N2O2. The maximum Gasteiger partial charge on any atom is 0.242 e. The Hall–Kier alpha value is -3.40. The second-order valence-electron chi connectivity index (χ2n) is 8.91. The molecule has 0 aliphatic rings.